The summed E-state index contributed by atoms with van der Waals surface area (Å²) in [4.78, 5) is 9.17. The lowest BCUT2D eigenvalue weighted by Gasteiger charge is -2.22. The molecular formula is C21H24N6O2S. The van der Waals surface area contributed by atoms with Crippen molar-refractivity contribution < 1.29 is 9.47 Å². The summed E-state index contributed by atoms with van der Waals surface area (Å²) < 4.78 is 15.5. The molecule has 1 unspecified atom stereocenters. The maximum Gasteiger partial charge on any atom is 0.187 e. The van der Waals surface area contributed by atoms with Crippen molar-refractivity contribution in [2.45, 2.75) is 44.5 Å². The van der Waals surface area contributed by atoms with E-state index in [9.17, 15) is 0 Å². The number of thioether (sulfide) groups is 1. The Hall–Kier alpha value is -2.65. The molecule has 9 heteroatoms. The van der Waals surface area contributed by atoms with Crippen molar-refractivity contribution >= 4 is 28.3 Å². The zero-order valence-electron chi connectivity index (χ0n) is 17.3. The number of ether oxygens (including phenoxy) is 2. The lowest BCUT2D eigenvalue weighted by molar-refractivity contribution is -0.0369. The van der Waals surface area contributed by atoms with E-state index in [0.717, 1.165) is 70.3 Å². The van der Waals surface area contributed by atoms with Gasteiger partial charge in [-0.2, -0.15) is 5.10 Å². The number of aryl methyl sites for hydroxylation is 1. The first kappa shape index (κ1) is 19.3. The first-order valence-electron chi connectivity index (χ1n) is 10.2. The number of aromatic nitrogens is 6. The minimum atomic E-state index is -0.117. The monoisotopic (exact) mass is 424 g/mol. The number of hydrogen-bond donors (Lipinski definition) is 0. The van der Waals surface area contributed by atoms with E-state index in [4.69, 9.17) is 24.7 Å². The zero-order valence-corrected chi connectivity index (χ0v) is 18.1. The minimum absolute atomic E-state index is 0.117. The van der Waals surface area contributed by atoms with E-state index in [-0.39, 0.29) is 6.23 Å². The Morgan fingerprint density at radius 1 is 1.23 bits per heavy atom. The Labute approximate surface area is 178 Å². The fourth-order valence-corrected chi connectivity index (χ4v) is 4.25. The topological polar surface area (TPSA) is 79.4 Å². The van der Waals surface area contributed by atoms with Crippen LogP contribution in [0, 0.1) is 6.92 Å². The van der Waals surface area contributed by atoms with Crippen molar-refractivity contribution in [2.75, 3.05) is 19.5 Å². The molecule has 1 aliphatic heterocycles. The summed E-state index contributed by atoms with van der Waals surface area (Å²) in [5.41, 5.74) is 4.39. The van der Waals surface area contributed by atoms with Crippen molar-refractivity contribution in [1.29, 1.82) is 0 Å². The molecule has 0 bridgehead atoms. The highest BCUT2D eigenvalue weighted by atomic mass is 32.2. The maximum atomic E-state index is 6.04. The third kappa shape index (κ3) is 3.22. The number of rotatable bonds is 5. The van der Waals surface area contributed by atoms with Crippen LogP contribution in [-0.4, -0.2) is 48.8 Å². The molecule has 1 saturated heterocycles. The Morgan fingerprint density at radius 2 is 2.13 bits per heavy atom. The van der Waals surface area contributed by atoms with E-state index in [0.29, 0.717) is 6.61 Å². The van der Waals surface area contributed by atoms with Crippen LogP contribution < -0.4 is 4.74 Å². The summed E-state index contributed by atoms with van der Waals surface area (Å²) >= 11 is 1.52. The number of nitrogens with zero attached hydrogens (tertiary/aromatic N) is 6. The fourth-order valence-electron chi connectivity index (χ4n) is 3.91. The van der Waals surface area contributed by atoms with E-state index in [1.54, 1.807) is 0 Å². The molecule has 0 aliphatic carbocycles. The summed E-state index contributed by atoms with van der Waals surface area (Å²) in [5.74, 6) is 0.785. The zero-order chi connectivity index (χ0) is 20.7. The average Bonchev–Trinajstić information content (AvgIpc) is 3.32. The molecule has 0 amide bonds. The molecule has 4 aromatic heterocycles. The maximum absolute atomic E-state index is 6.04. The van der Waals surface area contributed by atoms with Gasteiger partial charge in [-0.3, -0.25) is 0 Å². The SMILES string of the molecule is CCOc1ccc2c3c(-c4nc(SC)ncc4C)nn(C4CCCCO4)c3nn2c1. The third-order valence-corrected chi connectivity index (χ3v) is 5.90. The molecule has 5 heterocycles. The molecule has 0 radical (unpaired) electrons. The van der Waals surface area contributed by atoms with E-state index < -0.39 is 0 Å². The van der Waals surface area contributed by atoms with Crippen LogP contribution >= 0.6 is 11.8 Å². The first-order chi connectivity index (χ1) is 14.7. The average molecular weight is 425 g/mol. The van der Waals surface area contributed by atoms with Gasteiger partial charge in [-0.1, -0.05) is 11.8 Å². The van der Waals surface area contributed by atoms with Gasteiger partial charge in [-0.15, -0.1) is 5.10 Å². The number of fused-ring (bicyclic) bond motifs is 3. The van der Waals surface area contributed by atoms with Crippen molar-refractivity contribution in [3.05, 3.63) is 30.1 Å². The third-order valence-electron chi connectivity index (χ3n) is 5.34. The molecular weight excluding hydrogens is 400 g/mol. The highest BCUT2D eigenvalue weighted by Gasteiger charge is 2.27. The number of pyridine rings is 1. The Balaban J connectivity index is 1.77. The Kier molecular flexibility index (Phi) is 5.08. The fraction of sp³-hybridized carbons (Fsp3) is 0.429. The molecule has 0 spiro atoms. The van der Waals surface area contributed by atoms with Gasteiger partial charge >= 0.3 is 0 Å². The molecule has 1 atom stereocenters. The predicted octanol–water partition coefficient (Wildman–Crippen LogP) is 4.27. The van der Waals surface area contributed by atoms with Crippen molar-refractivity contribution in [2.24, 2.45) is 0 Å². The highest BCUT2D eigenvalue weighted by molar-refractivity contribution is 7.98. The standard InChI is InChI=1S/C21H24N6O2S/c1-4-28-14-8-9-15-17-19(18-13(2)11-22-21(23-18)30-3)24-27(16-7-5-6-10-29-16)20(17)25-26(15)12-14/h8-9,11-12,16H,4-7,10H2,1-3H3. The van der Waals surface area contributed by atoms with Gasteiger partial charge < -0.3 is 9.47 Å². The normalized spacial score (nSPS) is 17.1. The second-order valence-electron chi connectivity index (χ2n) is 7.33. The molecule has 0 saturated carbocycles. The molecule has 1 fully saturated rings. The predicted molar refractivity (Wildman–Crippen MR) is 116 cm³/mol. The van der Waals surface area contributed by atoms with Gasteiger partial charge in [0.05, 0.1) is 29.4 Å². The second kappa shape index (κ2) is 7.88. The molecule has 8 nitrogen and oxygen atoms in total. The Bertz CT molecular complexity index is 1210. The van der Waals surface area contributed by atoms with Crippen LogP contribution in [0.2, 0.25) is 0 Å². The summed E-state index contributed by atoms with van der Waals surface area (Å²) in [6.45, 7) is 5.34. The van der Waals surface area contributed by atoms with Crippen LogP contribution in [0.25, 0.3) is 27.9 Å². The summed E-state index contributed by atoms with van der Waals surface area (Å²) in [7, 11) is 0. The van der Waals surface area contributed by atoms with Gasteiger partial charge in [0.2, 0.25) is 0 Å². The highest BCUT2D eigenvalue weighted by Crippen LogP contribution is 2.36. The second-order valence-corrected chi connectivity index (χ2v) is 8.10. The van der Waals surface area contributed by atoms with Crippen LogP contribution in [-0.2, 0) is 4.74 Å². The number of hydrogen-bond acceptors (Lipinski definition) is 7. The van der Waals surface area contributed by atoms with Gasteiger partial charge in [0.15, 0.2) is 17.0 Å². The van der Waals surface area contributed by atoms with E-state index >= 15 is 0 Å². The molecule has 0 aromatic carbocycles. The largest absolute Gasteiger partial charge is 0.492 e. The molecule has 5 rings (SSSR count). The van der Waals surface area contributed by atoms with E-state index in [1.165, 1.54) is 11.8 Å². The smallest absolute Gasteiger partial charge is 0.187 e. The van der Waals surface area contributed by atoms with Crippen LogP contribution in [0.3, 0.4) is 0 Å². The van der Waals surface area contributed by atoms with Crippen LogP contribution in [0.4, 0.5) is 0 Å². The van der Waals surface area contributed by atoms with Crippen LogP contribution in [0.1, 0.15) is 38.0 Å². The molecule has 1 aliphatic rings. The van der Waals surface area contributed by atoms with Crippen molar-refractivity contribution in [3.63, 3.8) is 0 Å². The van der Waals surface area contributed by atoms with Gasteiger partial charge in [-0.05, 0) is 57.1 Å². The molecule has 4 aromatic rings. The summed E-state index contributed by atoms with van der Waals surface area (Å²) in [6, 6.07) is 4.00. The molecule has 156 valence electrons. The van der Waals surface area contributed by atoms with Gasteiger partial charge in [-0.25, -0.2) is 19.2 Å². The van der Waals surface area contributed by atoms with Crippen LogP contribution in [0.5, 0.6) is 5.75 Å². The van der Waals surface area contributed by atoms with Crippen molar-refractivity contribution in [3.8, 4) is 17.1 Å². The van der Waals surface area contributed by atoms with Gasteiger partial charge in [0, 0.05) is 12.8 Å². The van der Waals surface area contributed by atoms with Gasteiger partial charge in [0.1, 0.15) is 11.4 Å². The quantitative estimate of drug-likeness (QED) is 0.350. The van der Waals surface area contributed by atoms with Crippen LogP contribution in [0.15, 0.2) is 29.7 Å². The Morgan fingerprint density at radius 3 is 2.90 bits per heavy atom. The first-order valence-corrected chi connectivity index (χ1v) is 11.4. The molecule has 0 N–H and O–H groups in total. The van der Waals surface area contributed by atoms with E-state index in [1.807, 2.05) is 53.8 Å². The van der Waals surface area contributed by atoms with Gasteiger partial charge in [0.25, 0.3) is 0 Å². The van der Waals surface area contributed by atoms with Crippen molar-refractivity contribution in [1.82, 2.24) is 29.4 Å². The minimum Gasteiger partial charge on any atom is -0.492 e. The molecule has 30 heavy (non-hydrogen) atoms. The summed E-state index contributed by atoms with van der Waals surface area (Å²) in [6.07, 6.45) is 8.75. The summed E-state index contributed by atoms with van der Waals surface area (Å²) in [5, 5.41) is 11.5. The lowest BCUT2D eigenvalue weighted by atomic mass is 10.1. The van der Waals surface area contributed by atoms with E-state index in [2.05, 4.69) is 4.98 Å². The lowest BCUT2D eigenvalue weighted by Crippen LogP contribution is -2.19.